The lowest BCUT2D eigenvalue weighted by Gasteiger charge is -2.30. The first-order chi connectivity index (χ1) is 6.08. The number of hydrogen-bond donors (Lipinski definition) is 5. The fourth-order valence-electron chi connectivity index (χ4n) is 1.18. The lowest BCUT2D eigenvalue weighted by Crippen LogP contribution is -2.57. The number of likely N-dealkylation sites (N-methyl/N-ethyl adjacent to an activating group) is 3. The molecule has 0 aliphatic rings. The molecule has 0 amide bonds. The molecule has 0 rings (SSSR count). The molecular formula is C8H21N3O2. The zero-order valence-corrected chi connectivity index (χ0v) is 8.70. The average molecular weight is 191 g/mol. The minimum absolute atomic E-state index is 0.0690. The first-order valence-corrected chi connectivity index (χ1v) is 4.46. The molecule has 5 heteroatoms. The fourth-order valence-corrected chi connectivity index (χ4v) is 1.18. The molecule has 0 aliphatic carbocycles. The van der Waals surface area contributed by atoms with Gasteiger partial charge in [0.25, 0.3) is 0 Å². The first-order valence-electron chi connectivity index (χ1n) is 4.46. The second kappa shape index (κ2) is 6.28. The lowest BCUT2D eigenvalue weighted by atomic mass is 10.0. The van der Waals surface area contributed by atoms with E-state index in [0.29, 0.717) is 0 Å². The maximum Gasteiger partial charge on any atom is 0.122 e. The van der Waals surface area contributed by atoms with Crippen LogP contribution < -0.4 is 16.0 Å². The summed E-state index contributed by atoms with van der Waals surface area (Å²) in [5.41, 5.74) is 0. The van der Waals surface area contributed by atoms with E-state index in [-0.39, 0.29) is 12.1 Å². The summed E-state index contributed by atoms with van der Waals surface area (Å²) in [6.45, 7) is 1.86. The molecule has 4 unspecified atom stereocenters. The molecule has 0 saturated heterocycles. The smallest absolute Gasteiger partial charge is 0.122 e. The van der Waals surface area contributed by atoms with Gasteiger partial charge in [-0.05, 0) is 28.1 Å². The van der Waals surface area contributed by atoms with Crippen molar-refractivity contribution in [3.05, 3.63) is 0 Å². The van der Waals surface area contributed by atoms with Gasteiger partial charge in [-0.1, -0.05) is 0 Å². The van der Waals surface area contributed by atoms with Crippen LogP contribution in [-0.2, 0) is 0 Å². The zero-order chi connectivity index (χ0) is 10.4. The number of nitrogens with one attached hydrogen (secondary N) is 3. The van der Waals surface area contributed by atoms with Crippen molar-refractivity contribution in [3.63, 3.8) is 0 Å². The van der Waals surface area contributed by atoms with E-state index in [2.05, 4.69) is 16.0 Å². The third kappa shape index (κ3) is 3.58. The van der Waals surface area contributed by atoms with E-state index in [9.17, 15) is 10.2 Å². The number of hydrogen-bond acceptors (Lipinski definition) is 5. The Labute approximate surface area is 79.5 Å². The summed E-state index contributed by atoms with van der Waals surface area (Å²) in [4.78, 5) is 0. The molecule has 0 spiro atoms. The molecule has 0 aromatic heterocycles. The quantitative estimate of drug-likeness (QED) is 0.316. The highest BCUT2D eigenvalue weighted by Crippen LogP contribution is 2.02. The second-order valence-electron chi connectivity index (χ2n) is 3.12. The zero-order valence-electron chi connectivity index (χ0n) is 8.70. The highest BCUT2D eigenvalue weighted by Gasteiger charge is 2.27. The van der Waals surface area contributed by atoms with E-state index in [0.717, 1.165) is 0 Å². The van der Waals surface area contributed by atoms with Gasteiger partial charge in [-0.15, -0.1) is 0 Å². The Morgan fingerprint density at radius 3 is 1.77 bits per heavy atom. The molecule has 0 radical (unpaired) electrons. The Kier molecular flexibility index (Phi) is 6.19. The highest BCUT2D eigenvalue weighted by molar-refractivity contribution is 4.85. The molecule has 5 nitrogen and oxygen atoms in total. The van der Waals surface area contributed by atoms with E-state index in [1.165, 1.54) is 0 Å². The SMILES string of the molecule is CNC(C)C(O)C(NC)C(O)NC. The second-order valence-corrected chi connectivity index (χ2v) is 3.12. The predicted molar refractivity (Wildman–Crippen MR) is 52.4 cm³/mol. The predicted octanol–water partition coefficient (Wildman–Crippen LogP) is -1.92. The highest BCUT2D eigenvalue weighted by atomic mass is 16.3. The molecule has 0 fully saturated rings. The van der Waals surface area contributed by atoms with Crippen molar-refractivity contribution >= 4 is 0 Å². The van der Waals surface area contributed by atoms with Gasteiger partial charge in [-0.3, -0.25) is 5.32 Å². The van der Waals surface area contributed by atoms with Crippen LogP contribution in [0.3, 0.4) is 0 Å². The molecule has 0 bridgehead atoms. The van der Waals surface area contributed by atoms with Crippen molar-refractivity contribution < 1.29 is 10.2 Å². The van der Waals surface area contributed by atoms with Gasteiger partial charge in [0.05, 0.1) is 12.1 Å². The van der Waals surface area contributed by atoms with Gasteiger partial charge < -0.3 is 20.8 Å². The Hall–Kier alpha value is -0.200. The fraction of sp³-hybridized carbons (Fsp3) is 1.00. The first kappa shape index (κ1) is 12.8. The Morgan fingerprint density at radius 1 is 0.923 bits per heavy atom. The molecule has 0 aromatic rings. The van der Waals surface area contributed by atoms with Crippen molar-refractivity contribution in [3.8, 4) is 0 Å². The summed E-state index contributed by atoms with van der Waals surface area (Å²) in [5, 5.41) is 27.7. The molecule has 13 heavy (non-hydrogen) atoms. The summed E-state index contributed by atoms with van der Waals surface area (Å²) in [6.07, 6.45) is -1.40. The van der Waals surface area contributed by atoms with E-state index in [1.807, 2.05) is 6.92 Å². The maximum absolute atomic E-state index is 9.75. The normalized spacial score (nSPS) is 20.8. The Bertz CT molecular complexity index is 135. The van der Waals surface area contributed by atoms with E-state index in [1.54, 1.807) is 21.1 Å². The van der Waals surface area contributed by atoms with Crippen LogP contribution in [0, 0.1) is 0 Å². The van der Waals surface area contributed by atoms with Crippen molar-refractivity contribution in [2.75, 3.05) is 21.1 Å². The molecule has 0 saturated carbocycles. The molecule has 0 heterocycles. The lowest BCUT2D eigenvalue weighted by molar-refractivity contribution is 0.0131. The molecule has 4 atom stereocenters. The average Bonchev–Trinajstić information content (AvgIpc) is 2.17. The molecule has 0 aliphatic heterocycles. The van der Waals surface area contributed by atoms with Crippen LogP contribution in [0.25, 0.3) is 0 Å². The molecule has 0 aromatic carbocycles. The van der Waals surface area contributed by atoms with Crippen LogP contribution in [0.15, 0.2) is 0 Å². The monoisotopic (exact) mass is 191 g/mol. The van der Waals surface area contributed by atoms with E-state index in [4.69, 9.17) is 0 Å². The van der Waals surface area contributed by atoms with Crippen LogP contribution in [-0.4, -0.2) is 55.8 Å². The third-order valence-electron chi connectivity index (χ3n) is 2.30. The number of aliphatic hydroxyl groups excluding tert-OH is 2. The van der Waals surface area contributed by atoms with Crippen molar-refractivity contribution in [1.29, 1.82) is 0 Å². The van der Waals surface area contributed by atoms with E-state index < -0.39 is 12.3 Å². The van der Waals surface area contributed by atoms with Gasteiger partial charge >= 0.3 is 0 Å². The van der Waals surface area contributed by atoms with Crippen LogP contribution in [0.2, 0.25) is 0 Å². The van der Waals surface area contributed by atoms with E-state index >= 15 is 0 Å². The topological polar surface area (TPSA) is 76.5 Å². The van der Waals surface area contributed by atoms with Crippen molar-refractivity contribution in [2.45, 2.75) is 31.3 Å². The summed E-state index contributed by atoms with van der Waals surface area (Å²) >= 11 is 0. The van der Waals surface area contributed by atoms with Crippen LogP contribution >= 0.6 is 0 Å². The maximum atomic E-state index is 9.75. The molecule has 5 N–H and O–H groups in total. The summed E-state index contributed by atoms with van der Waals surface area (Å²) in [5.74, 6) is 0. The minimum atomic E-state index is -0.754. The summed E-state index contributed by atoms with van der Waals surface area (Å²) in [6, 6.07) is -0.451. The van der Waals surface area contributed by atoms with Crippen LogP contribution in [0.4, 0.5) is 0 Å². The number of rotatable bonds is 6. The van der Waals surface area contributed by atoms with Gasteiger partial charge in [0, 0.05) is 6.04 Å². The van der Waals surface area contributed by atoms with Gasteiger partial charge in [0.2, 0.25) is 0 Å². The Morgan fingerprint density at radius 2 is 1.46 bits per heavy atom. The third-order valence-corrected chi connectivity index (χ3v) is 2.30. The molecule has 80 valence electrons. The van der Waals surface area contributed by atoms with Gasteiger partial charge in [-0.25, -0.2) is 0 Å². The number of aliphatic hydroxyl groups is 2. The van der Waals surface area contributed by atoms with Crippen LogP contribution in [0.1, 0.15) is 6.92 Å². The van der Waals surface area contributed by atoms with Crippen LogP contribution in [0.5, 0.6) is 0 Å². The van der Waals surface area contributed by atoms with Crippen molar-refractivity contribution in [1.82, 2.24) is 16.0 Å². The summed E-state index contributed by atoms with van der Waals surface area (Å²) < 4.78 is 0. The van der Waals surface area contributed by atoms with Crippen molar-refractivity contribution in [2.24, 2.45) is 0 Å². The molecular weight excluding hydrogens is 170 g/mol. The Balaban J connectivity index is 4.21. The van der Waals surface area contributed by atoms with Gasteiger partial charge in [-0.2, -0.15) is 0 Å². The minimum Gasteiger partial charge on any atom is -0.390 e. The standard InChI is InChI=1S/C8H21N3O2/c1-5(9-2)7(12)6(10-3)8(13)11-4/h5-13H,1-4H3. The van der Waals surface area contributed by atoms with Gasteiger partial charge in [0.15, 0.2) is 0 Å². The van der Waals surface area contributed by atoms with Gasteiger partial charge in [0.1, 0.15) is 6.23 Å². The summed E-state index contributed by atoms with van der Waals surface area (Å²) in [7, 11) is 5.12. The largest absolute Gasteiger partial charge is 0.390 e.